The molecule has 0 aromatic heterocycles. The summed E-state index contributed by atoms with van der Waals surface area (Å²) in [6.45, 7) is 5.37. The Hall–Kier alpha value is -2.53. The van der Waals surface area contributed by atoms with Crippen molar-refractivity contribution in [1.82, 2.24) is 0 Å². The fourth-order valence-electron chi connectivity index (χ4n) is 2.19. The predicted molar refractivity (Wildman–Crippen MR) is 100 cm³/mol. The Labute approximate surface area is 152 Å². The van der Waals surface area contributed by atoms with Gasteiger partial charge in [0, 0.05) is 22.8 Å². The van der Waals surface area contributed by atoms with E-state index in [1.54, 1.807) is 43.3 Å². The molecule has 0 saturated heterocycles. The van der Waals surface area contributed by atoms with Crippen molar-refractivity contribution in [1.29, 1.82) is 0 Å². The van der Waals surface area contributed by atoms with Gasteiger partial charge in [-0.05, 0) is 55.3 Å². The molecule has 2 N–H and O–H groups in total. The summed E-state index contributed by atoms with van der Waals surface area (Å²) in [4.78, 5) is 23.7. The van der Waals surface area contributed by atoms with Gasteiger partial charge in [0.1, 0.15) is 5.75 Å². The second kappa shape index (κ2) is 8.53. The van der Waals surface area contributed by atoms with Crippen LogP contribution in [0.4, 0.5) is 11.4 Å². The van der Waals surface area contributed by atoms with Crippen molar-refractivity contribution in [3.63, 3.8) is 0 Å². The van der Waals surface area contributed by atoms with Crippen molar-refractivity contribution in [3.05, 3.63) is 52.5 Å². The van der Waals surface area contributed by atoms with Gasteiger partial charge >= 0.3 is 0 Å². The highest BCUT2D eigenvalue weighted by molar-refractivity contribution is 6.31. The molecule has 0 saturated carbocycles. The summed E-state index contributed by atoms with van der Waals surface area (Å²) in [5.74, 6) is 0.223. The quantitative estimate of drug-likeness (QED) is 0.806. The molecular formula is C19H21ClN2O3. The third-order valence-corrected chi connectivity index (χ3v) is 4.13. The number of hydrogen-bond donors (Lipinski definition) is 2. The lowest BCUT2D eigenvalue weighted by atomic mass is 10.1. The number of ether oxygens (including phenoxy) is 1. The van der Waals surface area contributed by atoms with Gasteiger partial charge < -0.3 is 15.4 Å². The molecule has 2 aromatic carbocycles. The van der Waals surface area contributed by atoms with Gasteiger partial charge in [-0.2, -0.15) is 0 Å². The van der Waals surface area contributed by atoms with Gasteiger partial charge in [0.25, 0.3) is 5.91 Å². The number of anilines is 2. The second-order valence-electron chi connectivity index (χ2n) is 5.63. The first-order valence-electron chi connectivity index (χ1n) is 7.99. The molecule has 0 aliphatic rings. The summed E-state index contributed by atoms with van der Waals surface area (Å²) in [5.41, 5.74) is 2.99. The van der Waals surface area contributed by atoms with Crippen molar-refractivity contribution >= 4 is 34.8 Å². The van der Waals surface area contributed by atoms with Crippen molar-refractivity contribution in [2.75, 3.05) is 17.2 Å². The smallest absolute Gasteiger partial charge is 0.262 e. The van der Waals surface area contributed by atoms with Crippen LogP contribution in [0.25, 0.3) is 0 Å². The zero-order valence-corrected chi connectivity index (χ0v) is 15.2. The van der Waals surface area contributed by atoms with Gasteiger partial charge in [-0.1, -0.05) is 24.6 Å². The van der Waals surface area contributed by atoms with Crippen LogP contribution in [-0.2, 0) is 9.59 Å². The molecule has 0 bridgehead atoms. The zero-order chi connectivity index (χ0) is 18.4. The Balaban J connectivity index is 1.99. The molecule has 0 radical (unpaired) electrons. The van der Waals surface area contributed by atoms with Gasteiger partial charge in [-0.25, -0.2) is 0 Å². The number of hydrogen-bond acceptors (Lipinski definition) is 3. The average Bonchev–Trinajstić information content (AvgIpc) is 2.59. The third-order valence-electron chi connectivity index (χ3n) is 3.70. The lowest BCUT2D eigenvalue weighted by Crippen LogP contribution is -2.21. The number of amides is 2. The van der Waals surface area contributed by atoms with Gasteiger partial charge in [-0.3, -0.25) is 9.59 Å². The monoisotopic (exact) mass is 360 g/mol. The Bertz CT molecular complexity index is 790. The van der Waals surface area contributed by atoms with Crippen LogP contribution in [0, 0.1) is 13.8 Å². The van der Waals surface area contributed by atoms with Gasteiger partial charge in [0.2, 0.25) is 5.91 Å². The molecular weight excluding hydrogens is 340 g/mol. The molecule has 0 unspecified atom stereocenters. The molecule has 0 spiro atoms. The maximum Gasteiger partial charge on any atom is 0.262 e. The summed E-state index contributed by atoms with van der Waals surface area (Å²) < 4.78 is 5.49. The molecule has 6 heteroatoms. The third kappa shape index (κ3) is 5.22. The van der Waals surface area contributed by atoms with Crippen molar-refractivity contribution < 1.29 is 14.3 Å². The zero-order valence-electron chi connectivity index (χ0n) is 14.5. The number of benzene rings is 2. The minimum atomic E-state index is -0.283. The maximum absolute atomic E-state index is 12.1. The van der Waals surface area contributed by atoms with Crippen LogP contribution in [0.2, 0.25) is 5.02 Å². The summed E-state index contributed by atoms with van der Waals surface area (Å²) in [6, 6.07) is 10.6. The number of carbonyl (C=O) groups excluding carboxylic acids is 2. The first-order chi connectivity index (χ1) is 11.9. The molecule has 0 aliphatic heterocycles. The normalized spacial score (nSPS) is 10.2. The molecule has 25 heavy (non-hydrogen) atoms. The molecule has 0 aliphatic carbocycles. The first kappa shape index (κ1) is 18.8. The molecule has 5 nitrogen and oxygen atoms in total. The second-order valence-corrected chi connectivity index (χ2v) is 6.03. The number of aryl methyl sites for hydroxylation is 1. The number of carbonyl (C=O) groups is 2. The molecule has 0 atom stereocenters. The van der Waals surface area contributed by atoms with Crippen molar-refractivity contribution in [2.45, 2.75) is 27.2 Å². The number of rotatable bonds is 6. The minimum Gasteiger partial charge on any atom is -0.484 e. The summed E-state index contributed by atoms with van der Waals surface area (Å²) >= 11 is 5.96. The van der Waals surface area contributed by atoms with E-state index in [0.29, 0.717) is 28.6 Å². The maximum atomic E-state index is 12.1. The Kier molecular flexibility index (Phi) is 6.42. The Morgan fingerprint density at radius 1 is 1.04 bits per heavy atom. The van der Waals surface area contributed by atoms with Crippen LogP contribution in [0.5, 0.6) is 5.75 Å². The van der Waals surface area contributed by atoms with E-state index in [9.17, 15) is 9.59 Å². The van der Waals surface area contributed by atoms with Gasteiger partial charge in [0.15, 0.2) is 6.61 Å². The van der Waals surface area contributed by atoms with E-state index < -0.39 is 0 Å². The molecule has 2 aromatic rings. The summed E-state index contributed by atoms with van der Waals surface area (Å²) in [6.07, 6.45) is 0.393. The van der Waals surface area contributed by atoms with E-state index in [4.69, 9.17) is 16.3 Å². The van der Waals surface area contributed by atoms with Crippen LogP contribution in [0.1, 0.15) is 24.5 Å². The van der Waals surface area contributed by atoms with E-state index in [2.05, 4.69) is 10.6 Å². The minimum absolute atomic E-state index is 0.0759. The summed E-state index contributed by atoms with van der Waals surface area (Å²) in [5, 5.41) is 6.26. The molecule has 2 amide bonds. The van der Waals surface area contributed by atoms with Crippen LogP contribution in [-0.4, -0.2) is 18.4 Å². The molecule has 2 rings (SSSR count). The predicted octanol–water partition coefficient (Wildman–Crippen LogP) is 4.32. The summed E-state index contributed by atoms with van der Waals surface area (Å²) in [7, 11) is 0. The van der Waals surface area contributed by atoms with E-state index in [1.165, 1.54) is 0 Å². The Morgan fingerprint density at radius 2 is 1.68 bits per heavy atom. The first-order valence-corrected chi connectivity index (χ1v) is 8.36. The molecule has 0 heterocycles. The van der Waals surface area contributed by atoms with E-state index in [-0.39, 0.29) is 18.4 Å². The molecule has 0 fully saturated rings. The number of halogens is 1. The molecule has 132 valence electrons. The highest BCUT2D eigenvalue weighted by Crippen LogP contribution is 2.24. The SMILES string of the molecule is CCC(=O)Nc1cccc(NC(=O)COc2ccc(Cl)c(C)c2)c1C. The lowest BCUT2D eigenvalue weighted by Gasteiger charge is -2.13. The van der Waals surface area contributed by atoms with Crippen LogP contribution < -0.4 is 15.4 Å². The highest BCUT2D eigenvalue weighted by Gasteiger charge is 2.10. The average molecular weight is 361 g/mol. The fourth-order valence-corrected chi connectivity index (χ4v) is 2.30. The van der Waals surface area contributed by atoms with Crippen LogP contribution in [0.15, 0.2) is 36.4 Å². The van der Waals surface area contributed by atoms with Crippen molar-refractivity contribution in [3.8, 4) is 5.75 Å². The fraction of sp³-hybridized carbons (Fsp3) is 0.263. The van der Waals surface area contributed by atoms with Crippen LogP contribution in [0.3, 0.4) is 0 Å². The van der Waals surface area contributed by atoms with Crippen LogP contribution >= 0.6 is 11.6 Å². The van der Waals surface area contributed by atoms with Gasteiger partial charge in [0.05, 0.1) is 0 Å². The highest BCUT2D eigenvalue weighted by atomic mass is 35.5. The largest absolute Gasteiger partial charge is 0.484 e. The van der Waals surface area contributed by atoms with E-state index in [0.717, 1.165) is 11.1 Å². The van der Waals surface area contributed by atoms with E-state index in [1.807, 2.05) is 13.8 Å². The standard InChI is InChI=1S/C19H21ClN2O3/c1-4-18(23)21-16-6-5-7-17(13(16)3)22-19(24)11-25-14-8-9-15(20)12(2)10-14/h5-10H,4,11H2,1-3H3,(H,21,23)(H,22,24). The Morgan fingerprint density at radius 3 is 2.28 bits per heavy atom. The lowest BCUT2D eigenvalue weighted by molar-refractivity contribution is -0.118. The van der Waals surface area contributed by atoms with Gasteiger partial charge in [-0.15, -0.1) is 0 Å². The topological polar surface area (TPSA) is 67.4 Å². The van der Waals surface area contributed by atoms with Crippen molar-refractivity contribution in [2.24, 2.45) is 0 Å². The van der Waals surface area contributed by atoms with E-state index >= 15 is 0 Å². The number of nitrogens with one attached hydrogen (secondary N) is 2.